The van der Waals surface area contributed by atoms with Gasteiger partial charge in [-0.25, -0.2) is 13.8 Å². The van der Waals surface area contributed by atoms with E-state index < -0.39 is 17.7 Å². The summed E-state index contributed by atoms with van der Waals surface area (Å²) < 4.78 is 42.0. The molecule has 370 valence electrons. The van der Waals surface area contributed by atoms with E-state index in [4.69, 9.17) is 9.84 Å². The molecule has 16 nitrogen and oxygen atoms in total. The van der Waals surface area contributed by atoms with Gasteiger partial charge in [-0.3, -0.25) is 43.5 Å². The summed E-state index contributed by atoms with van der Waals surface area (Å²) in [7, 11) is 5.12. The molecule has 4 aliphatic rings. The SMILES string of the molecule is CNc1cc(=O)n(-c2ccnc3c2cc([C@H](C)N2CC=C(c4c(C)cc(C(=O)N5CCn6nc(CN7CCC(c8ccc(NC9CCC(=O)NC9=O)c(OC)c8)CC7)cc6C5)cc4F)CC2)n3C)cc1F. The summed E-state index contributed by atoms with van der Waals surface area (Å²) >= 11 is 0. The Kier molecular flexibility index (Phi) is 13.1. The van der Waals surface area contributed by atoms with Crippen molar-refractivity contribution in [3.05, 3.63) is 134 Å². The fraction of sp³-hybridized carbons (Fsp3) is 0.396. The minimum atomic E-state index is -0.537. The van der Waals surface area contributed by atoms with Gasteiger partial charge in [-0.2, -0.15) is 5.10 Å². The molecular weight excluding hydrogens is 909 g/mol. The average molecular weight is 968 g/mol. The average Bonchev–Trinajstić information content (AvgIpc) is 3.94. The smallest absolute Gasteiger partial charge is 0.257 e. The highest BCUT2D eigenvalue weighted by Gasteiger charge is 2.31. The number of carbonyl (C=O) groups excluding carboxylic acids is 3. The highest BCUT2D eigenvalue weighted by molar-refractivity contribution is 6.01. The third kappa shape index (κ3) is 9.33. The monoisotopic (exact) mass is 967 g/mol. The van der Waals surface area contributed by atoms with Gasteiger partial charge in [0, 0.05) is 87.2 Å². The summed E-state index contributed by atoms with van der Waals surface area (Å²) in [5, 5.41) is 14.0. The van der Waals surface area contributed by atoms with Gasteiger partial charge in [-0.1, -0.05) is 12.1 Å². The number of methoxy groups -OCH3 is 1. The lowest BCUT2D eigenvalue weighted by Crippen LogP contribution is -2.47. The topological polar surface area (TPSA) is 164 Å². The largest absolute Gasteiger partial charge is 0.495 e. The molecule has 6 aromatic rings. The number of nitrogens with one attached hydrogen (secondary N) is 3. The van der Waals surface area contributed by atoms with Gasteiger partial charge in [0.05, 0.1) is 54.8 Å². The molecule has 0 saturated carbocycles. The van der Waals surface area contributed by atoms with E-state index in [0.717, 1.165) is 59.7 Å². The molecule has 18 heteroatoms. The number of rotatable bonds is 12. The van der Waals surface area contributed by atoms with E-state index >= 15 is 4.39 Å². The van der Waals surface area contributed by atoms with Gasteiger partial charge in [0.1, 0.15) is 23.3 Å². The number of halogens is 2. The van der Waals surface area contributed by atoms with Crippen LogP contribution in [0.3, 0.4) is 0 Å². The van der Waals surface area contributed by atoms with Crippen LogP contribution in [0.25, 0.3) is 22.3 Å². The van der Waals surface area contributed by atoms with Crippen molar-refractivity contribution in [1.29, 1.82) is 0 Å². The van der Waals surface area contributed by atoms with E-state index in [1.807, 2.05) is 47.5 Å². The fourth-order valence-electron chi connectivity index (χ4n) is 11.0. The number of piperidine rings is 2. The Labute approximate surface area is 410 Å². The molecule has 71 heavy (non-hydrogen) atoms. The highest BCUT2D eigenvalue weighted by Crippen LogP contribution is 2.37. The zero-order chi connectivity index (χ0) is 49.7. The lowest BCUT2D eigenvalue weighted by molar-refractivity contribution is -0.133. The van der Waals surface area contributed by atoms with E-state index in [9.17, 15) is 23.6 Å². The van der Waals surface area contributed by atoms with Crippen LogP contribution in [0.15, 0.2) is 77.9 Å². The molecule has 0 radical (unpaired) electrons. The number of nitrogens with zero attached hydrogens (tertiary/aromatic N) is 8. The van der Waals surface area contributed by atoms with Crippen molar-refractivity contribution < 1.29 is 27.9 Å². The standard InChI is InChI=1S/C53H59F2N11O5/c1-31-22-36(23-40(54)50(31)34-13-18-63(19-14-34)32(2)46-26-39-45(10-15-57-51(39)61(46)4)65-30-41(55)44(56-3)27-49(65)68)53(70)64-20-21-66-38(29-64)25-37(60-66)28-62-16-11-33(12-17-62)35-6-7-42(47(24-35)71-5)58-43-8-9-48(67)59-52(43)69/h6-7,10,13,15,22-27,30,32-33,43,56,58H,8-9,11-12,14,16-21,28-29H2,1-5H3,(H,59,67,69)/t32-,43?/m0/s1. The van der Waals surface area contributed by atoms with Crippen LogP contribution in [0.1, 0.15) is 95.1 Å². The minimum absolute atomic E-state index is 0.0539. The number of likely N-dealkylation sites (tertiary alicyclic amines) is 1. The van der Waals surface area contributed by atoms with Gasteiger partial charge in [0.15, 0.2) is 5.82 Å². The molecule has 3 amide bonds. The summed E-state index contributed by atoms with van der Waals surface area (Å²) in [6.07, 6.45) is 8.18. The first-order valence-electron chi connectivity index (χ1n) is 24.4. The number of ether oxygens (including phenoxy) is 1. The molecular formula is C53H59F2N11O5. The number of pyridine rings is 2. The maximum Gasteiger partial charge on any atom is 0.257 e. The molecule has 4 aliphatic heterocycles. The predicted molar refractivity (Wildman–Crippen MR) is 267 cm³/mol. The first kappa shape index (κ1) is 47.5. The van der Waals surface area contributed by atoms with Crippen LogP contribution in [-0.4, -0.2) is 109 Å². The number of fused-ring (bicyclic) bond motifs is 2. The number of amides is 3. The molecule has 8 heterocycles. The summed E-state index contributed by atoms with van der Waals surface area (Å²) in [6.45, 7) is 9.16. The molecule has 2 atom stereocenters. The van der Waals surface area contributed by atoms with Gasteiger partial charge in [-0.05, 0) is 118 Å². The maximum absolute atomic E-state index is 16.2. The van der Waals surface area contributed by atoms with Gasteiger partial charge in [-0.15, -0.1) is 0 Å². The molecule has 0 bridgehead atoms. The number of carbonyl (C=O) groups is 3. The van der Waals surface area contributed by atoms with Crippen molar-refractivity contribution in [3.63, 3.8) is 0 Å². The second-order valence-electron chi connectivity index (χ2n) is 19.2. The molecule has 4 aromatic heterocycles. The van der Waals surface area contributed by atoms with Crippen molar-refractivity contribution >= 4 is 45.7 Å². The van der Waals surface area contributed by atoms with Crippen molar-refractivity contribution in [1.82, 2.24) is 43.9 Å². The van der Waals surface area contributed by atoms with Crippen LogP contribution >= 0.6 is 0 Å². The van der Waals surface area contributed by atoms with E-state index in [1.54, 1.807) is 31.3 Å². The van der Waals surface area contributed by atoms with Crippen LogP contribution in [0, 0.1) is 18.6 Å². The van der Waals surface area contributed by atoms with Crippen molar-refractivity contribution in [3.8, 4) is 11.4 Å². The number of anilines is 2. The molecule has 3 N–H and O–H groups in total. The van der Waals surface area contributed by atoms with Gasteiger partial charge in [0.25, 0.3) is 11.5 Å². The predicted octanol–water partition coefficient (Wildman–Crippen LogP) is 6.66. The van der Waals surface area contributed by atoms with E-state index in [2.05, 4.69) is 55.9 Å². The molecule has 0 aliphatic carbocycles. The van der Waals surface area contributed by atoms with E-state index in [1.165, 1.54) is 28.5 Å². The normalized spacial score (nSPS) is 18.5. The Morgan fingerprint density at radius 3 is 2.49 bits per heavy atom. The van der Waals surface area contributed by atoms with Gasteiger partial charge < -0.3 is 24.8 Å². The van der Waals surface area contributed by atoms with Crippen LogP contribution in [0.4, 0.5) is 20.2 Å². The Balaban J connectivity index is 0.745. The summed E-state index contributed by atoms with van der Waals surface area (Å²) in [4.78, 5) is 62.0. The Morgan fingerprint density at radius 1 is 0.944 bits per heavy atom. The van der Waals surface area contributed by atoms with Crippen molar-refractivity contribution in [2.45, 2.75) is 83.6 Å². The minimum Gasteiger partial charge on any atom is -0.495 e. The molecule has 10 rings (SSSR count). The Bertz CT molecular complexity index is 3150. The van der Waals surface area contributed by atoms with Gasteiger partial charge >= 0.3 is 0 Å². The number of imide groups is 1. The zero-order valence-electron chi connectivity index (χ0n) is 40.7. The number of benzene rings is 2. The summed E-state index contributed by atoms with van der Waals surface area (Å²) in [6, 6.07) is 15.8. The Hall–Kier alpha value is -7.18. The molecule has 2 aromatic carbocycles. The van der Waals surface area contributed by atoms with Crippen LogP contribution in [0.2, 0.25) is 0 Å². The maximum atomic E-state index is 16.2. The quantitative estimate of drug-likeness (QED) is 0.113. The van der Waals surface area contributed by atoms with Crippen LogP contribution < -0.4 is 26.2 Å². The second kappa shape index (κ2) is 19.5. The third-order valence-corrected chi connectivity index (χ3v) is 14.9. The Morgan fingerprint density at radius 2 is 1.76 bits per heavy atom. The summed E-state index contributed by atoms with van der Waals surface area (Å²) in [5.74, 6) is -0.696. The fourth-order valence-corrected chi connectivity index (χ4v) is 11.0. The van der Waals surface area contributed by atoms with Crippen molar-refractivity contribution in [2.24, 2.45) is 7.05 Å². The lowest BCUT2D eigenvalue weighted by Gasteiger charge is -2.32. The van der Waals surface area contributed by atoms with Gasteiger partial charge in [0.2, 0.25) is 11.8 Å². The van der Waals surface area contributed by atoms with E-state index in [0.29, 0.717) is 98.2 Å². The number of aryl methyl sites for hydroxylation is 2. The number of hydrogen-bond acceptors (Lipinski definition) is 11. The molecule has 0 spiro atoms. The number of hydrogen-bond donors (Lipinski definition) is 3. The second-order valence-corrected chi connectivity index (χ2v) is 19.2. The molecule has 1 unspecified atom stereocenters. The lowest BCUT2D eigenvalue weighted by atomic mass is 9.89. The zero-order valence-corrected chi connectivity index (χ0v) is 40.7. The van der Waals surface area contributed by atoms with Crippen LogP contribution in [-0.2, 0) is 36.3 Å². The molecule has 2 fully saturated rings. The highest BCUT2D eigenvalue weighted by atomic mass is 19.1. The first-order chi connectivity index (χ1) is 34.3. The van der Waals surface area contributed by atoms with Crippen LogP contribution in [0.5, 0.6) is 5.75 Å². The van der Waals surface area contributed by atoms with Crippen molar-refractivity contribution in [2.75, 3.05) is 57.5 Å². The first-order valence-corrected chi connectivity index (χ1v) is 24.4. The molecule has 2 saturated heterocycles. The third-order valence-electron chi connectivity index (χ3n) is 14.9. The number of aromatic nitrogens is 5. The van der Waals surface area contributed by atoms with E-state index in [-0.39, 0.29) is 35.0 Å². The summed E-state index contributed by atoms with van der Waals surface area (Å²) in [5.41, 5.74) is 8.28.